The number of benzene rings is 3. The minimum absolute atomic E-state index is 0.260. The maximum Gasteiger partial charge on any atom is 0.0486 e. The standard InChI is InChI=1S/C18H15Br2N/c1-12(13-3-2-4-16(19)9-13)21-18-8-6-14-10-17(20)7-5-15(14)11-18/h2-12,21H,1H3. The van der Waals surface area contributed by atoms with Crippen molar-refractivity contribution < 1.29 is 0 Å². The Bertz CT molecular complexity index is 783. The molecule has 0 saturated carbocycles. The van der Waals surface area contributed by atoms with Crippen LogP contribution in [0.3, 0.4) is 0 Å². The molecule has 0 heterocycles. The number of fused-ring (bicyclic) bond motifs is 1. The van der Waals surface area contributed by atoms with E-state index in [1.165, 1.54) is 16.3 Å². The molecule has 3 aromatic carbocycles. The van der Waals surface area contributed by atoms with Crippen molar-refractivity contribution in [3.05, 3.63) is 75.2 Å². The van der Waals surface area contributed by atoms with Crippen LogP contribution < -0.4 is 5.32 Å². The van der Waals surface area contributed by atoms with Crippen LogP contribution in [0, 0.1) is 0 Å². The van der Waals surface area contributed by atoms with Gasteiger partial charge in [-0.1, -0.05) is 56.1 Å². The Morgan fingerprint density at radius 2 is 1.52 bits per heavy atom. The maximum absolute atomic E-state index is 3.56. The molecule has 1 N–H and O–H groups in total. The molecule has 0 saturated heterocycles. The molecular formula is C18H15Br2N. The average molecular weight is 405 g/mol. The fraction of sp³-hybridized carbons (Fsp3) is 0.111. The van der Waals surface area contributed by atoms with E-state index in [0.717, 1.165) is 14.6 Å². The molecule has 0 radical (unpaired) electrons. The Morgan fingerprint density at radius 3 is 2.33 bits per heavy atom. The fourth-order valence-electron chi connectivity index (χ4n) is 2.42. The lowest BCUT2D eigenvalue weighted by atomic mass is 10.1. The number of halogens is 2. The van der Waals surface area contributed by atoms with Gasteiger partial charge in [0.05, 0.1) is 0 Å². The Kier molecular flexibility index (Phi) is 4.32. The SMILES string of the molecule is CC(Nc1ccc2cc(Br)ccc2c1)c1cccc(Br)c1. The van der Waals surface area contributed by atoms with Crippen molar-refractivity contribution in [3.63, 3.8) is 0 Å². The van der Waals surface area contributed by atoms with Gasteiger partial charge < -0.3 is 5.32 Å². The Morgan fingerprint density at radius 1 is 0.810 bits per heavy atom. The molecule has 3 rings (SSSR count). The third kappa shape index (κ3) is 3.47. The quantitative estimate of drug-likeness (QED) is 0.522. The van der Waals surface area contributed by atoms with Gasteiger partial charge >= 0.3 is 0 Å². The summed E-state index contributed by atoms with van der Waals surface area (Å²) in [6.45, 7) is 2.17. The van der Waals surface area contributed by atoms with Gasteiger partial charge in [-0.25, -0.2) is 0 Å². The Balaban J connectivity index is 1.86. The number of hydrogen-bond donors (Lipinski definition) is 1. The predicted octanol–water partition coefficient (Wildman–Crippen LogP) is 6.54. The molecule has 1 nitrogen and oxygen atoms in total. The summed E-state index contributed by atoms with van der Waals surface area (Å²) in [7, 11) is 0. The van der Waals surface area contributed by atoms with E-state index in [0.29, 0.717) is 0 Å². The molecule has 21 heavy (non-hydrogen) atoms. The molecular weight excluding hydrogens is 390 g/mol. The van der Waals surface area contributed by atoms with E-state index in [4.69, 9.17) is 0 Å². The molecule has 0 bridgehead atoms. The first-order valence-corrected chi connectivity index (χ1v) is 8.42. The molecule has 0 aliphatic heterocycles. The second-order valence-electron chi connectivity index (χ2n) is 5.13. The molecule has 3 heteroatoms. The van der Waals surface area contributed by atoms with Crippen molar-refractivity contribution >= 4 is 48.3 Å². The van der Waals surface area contributed by atoms with Gasteiger partial charge in [-0.3, -0.25) is 0 Å². The lowest BCUT2D eigenvalue weighted by molar-refractivity contribution is 0.884. The summed E-state index contributed by atoms with van der Waals surface area (Å²) in [6.07, 6.45) is 0. The van der Waals surface area contributed by atoms with E-state index in [2.05, 4.69) is 98.7 Å². The molecule has 0 aromatic heterocycles. The summed E-state index contributed by atoms with van der Waals surface area (Å²) < 4.78 is 2.22. The van der Waals surface area contributed by atoms with Gasteiger partial charge in [-0.2, -0.15) is 0 Å². The van der Waals surface area contributed by atoms with Crippen LogP contribution in [0.2, 0.25) is 0 Å². The highest BCUT2D eigenvalue weighted by molar-refractivity contribution is 9.10. The van der Waals surface area contributed by atoms with E-state index in [1.807, 2.05) is 6.07 Å². The van der Waals surface area contributed by atoms with Crippen molar-refractivity contribution in [2.45, 2.75) is 13.0 Å². The first-order chi connectivity index (χ1) is 10.1. The van der Waals surface area contributed by atoms with Crippen molar-refractivity contribution in [1.82, 2.24) is 0 Å². The fourth-order valence-corrected chi connectivity index (χ4v) is 3.21. The summed E-state index contributed by atoms with van der Waals surface area (Å²) in [5.74, 6) is 0. The van der Waals surface area contributed by atoms with E-state index in [1.54, 1.807) is 0 Å². The number of hydrogen-bond acceptors (Lipinski definition) is 1. The Hall–Kier alpha value is -1.32. The van der Waals surface area contributed by atoms with E-state index >= 15 is 0 Å². The highest BCUT2D eigenvalue weighted by Gasteiger charge is 2.06. The third-order valence-electron chi connectivity index (χ3n) is 3.53. The highest BCUT2D eigenvalue weighted by atomic mass is 79.9. The molecule has 0 aliphatic carbocycles. The van der Waals surface area contributed by atoms with Crippen LogP contribution in [0.5, 0.6) is 0 Å². The molecule has 0 aliphatic rings. The van der Waals surface area contributed by atoms with Gasteiger partial charge in [-0.05, 0) is 59.7 Å². The van der Waals surface area contributed by atoms with Crippen molar-refractivity contribution in [1.29, 1.82) is 0 Å². The largest absolute Gasteiger partial charge is 0.379 e. The minimum atomic E-state index is 0.260. The molecule has 106 valence electrons. The molecule has 1 atom stereocenters. The molecule has 3 aromatic rings. The molecule has 0 fully saturated rings. The highest BCUT2D eigenvalue weighted by Crippen LogP contribution is 2.26. The third-order valence-corrected chi connectivity index (χ3v) is 4.52. The van der Waals surface area contributed by atoms with E-state index in [-0.39, 0.29) is 6.04 Å². The van der Waals surface area contributed by atoms with E-state index in [9.17, 15) is 0 Å². The molecule has 0 amide bonds. The van der Waals surface area contributed by atoms with Crippen LogP contribution in [0.1, 0.15) is 18.5 Å². The summed E-state index contributed by atoms with van der Waals surface area (Å²) in [6, 6.07) is 21.5. The van der Waals surface area contributed by atoms with Crippen LogP contribution in [0.4, 0.5) is 5.69 Å². The summed E-state index contributed by atoms with van der Waals surface area (Å²) in [4.78, 5) is 0. The predicted molar refractivity (Wildman–Crippen MR) is 97.8 cm³/mol. The van der Waals surface area contributed by atoms with Gasteiger partial charge in [0.15, 0.2) is 0 Å². The Labute approximate surface area is 141 Å². The van der Waals surface area contributed by atoms with Crippen LogP contribution in [0.25, 0.3) is 10.8 Å². The number of nitrogens with one attached hydrogen (secondary N) is 1. The lowest BCUT2D eigenvalue weighted by Gasteiger charge is -2.16. The second kappa shape index (κ2) is 6.20. The molecule has 1 unspecified atom stereocenters. The monoisotopic (exact) mass is 403 g/mol. The van der Waals surface area contributed by atoms with Crippen molar-refractivity contribution in [2.24, 2.45) is 0 Å². The van der Waals surface area contributed by atoms with Crippen LogP contribution in [-0.4, -0.2) is 0 Å². The van der Waals surface area contributed by atoms with Gasteiger partial charge in [0.2, 0.25) is 0 Å². The zero-order valence-electron chi connectivity index (χ0n) is 11.6. The van der Waals surface area contributed by atoms with Crippen molar-refractivity contribution in [2.75, 3.05) is 5.32 Å². The van der Waals surface area contributed by atoms with Gasteiger partial charge in [0, 0.05) is 20.7 Å². The maximum atomic E-state index is 3.56. The topological polar surface area (TPSA) is 12.0 Å². The van der Waals surface area contributed by atoms with Crippen LogP contribution in [0.15, 0.2) is 69.6 Å². The first-order valence-electron chi connectivity index (χ1n) is 6.83. The number of anilines is 1. The normalized spacial score (nSPS) is 12.3. The van der Waals surface area contributed by atoms with Crippen molar-refractivity contribution in [3.8, 4) is 0 Å². The summed E-state index contributed by atoms with van der Waals surface area (Å²) >= 11 is 7.03. The lowest BCUT2D eigenvalue weighted by Crippen LogP contribution is -2.06. The minimum Gasteiger partial charge on any atom is -0.379 e. The average Bonchev–Trinajstić information content (AvgIpc) is 2.47. The van der Waals surface area contributed by atoms with Crippen LogP contribution >= 0.6 is 31.9 Å². The van der Waals surface area contributed by atoms with Gasteiger partial charge in [0.25, 0.3) is 0 Å². The van der Waals surface area contributed by atoms with E-state index < -0.39 is 0 Å². The van der Waals surface area contributed by atoms with Crippen LogP contribution in [-0.2, 0) is 0 Å². The number of rotatable bonds is 3. The van der Waals surface area contributed by atoms with Gasteiger partial charge in [-0.15, -0.1) is 0 Å². The first kappa shape index (κ1) is 14.6. The molecule has 0 spiro atoms. The second-order valence-corrected chi connectivity index (χ2v) is 6.96. The zero-order valence-corrected chi connectivity index (χ0v) is 14.8. The summed E-state index contributed by atoms with van der Waals surface area (Å²) in [5, 5.41) is 6.04. The zero-order chi connectivity index (χ0) is 14.8. The smallest absolute Gasteiger partial charge is 0.0486 e. The van der Waals surface area contributed by atoms with Gasteiger partial charge in [0.1, 0.15) is 0 Å². The summed E-state index contributed by atoms with van der Waals surface area (Å²) in [5.41, 5.74) is 2.40.